The molecule has 0 aliphatic carbocycles. The minimum absolute atomic E-state index is 0.137. The minimum Gasteiger partial charge on any atom is -0.493 e. The van der Waals surface area contributed by atoms with E-state index in [1.807, 2.05) is 0 Å². The van der Waals surface area contributed by atoms with E-state index in [2.05, 4.69) is 4.98 Å². The van der Waals surface area contributed by atoms with Crippen molar-refractivity contribution < 1.29 is 19.4 Å². The SMILES string of the molecule is COc1ccc(-c2nc3c(Cl)cc(Cl)cc3c(=O)n2CC(=O)O)cc1OC. The number of halogens is 2. The predicted molar refractivity (Wildman–Crippen MR) is 102 cm³/mol. The lowest BCUT2D eigenvalue weighted by molar-refractivity contribution is -0.137. The number of rotatable bonds is 5. The smallest absolute Gasteiger partial charge is 0.323 e. The van der Waals surface area contributed by atoms with Crippen molar-refractivity contribution in [3.63, 3.8) is 0 Å². The highest BCUT2D eigenvalue weighted by molar-refractivity contribution is 6.38. The minimum atomic E-state index is -1.19. The summed E-state index contributed by atoms with van der Waals surface area (Å²) in [4.78, 5) is 28.7. The van der Waals surface area contributed by atoms with Gasteiger partial charge in [0.2, 0.25) is 0 Å². The lowest BCUT2D eigenvalue weighted by atomic mass is 10.1. The molecule has 1 aromatic heterocycles. The predicted octanol–water partition coefficient (Wildman–Crippen LogP) is 3.47. The molecule has 0 fully saturated rings. The Morgan fingerprint density at radius 1 is 1.15 bits per heavy atom. The molecule has 140 valence electrons. The number of aromatic nitrogens is 2. The molecule has 0 spiro atoms. The summed E-state index contributed by atoms with van der Waals surface area (Å²) in [6.45, 7) is -0.574. The van der Waals surface area contributed by atoms with Gasteiger partial charge in [-0.3, -0.25) is 14.2 Å². The van der Waals surface area contributed by atoms with E-state index in [1.165, 1.54) is 26.4 Å². The normalized spacial score (nSPS) is 10.8. The van der Waals surface area contributed by atoms with E-state index in [-0.39, 0.29) is 26.8 Å². The summed E-state index contributed by atoms with van der Waals surface area (Å²) in [5.74, 6) is -0.152. The fourth-order valence-electron chi connectivity index (χ4n) is 2.73. The molecule has 3 rings (SSSR count). The molecule has 0 saturated carbocycles. The van der Waals surface area contributed by atoms with Crippen molar-refractivity contribution in [1.29, 1.82) is 0 Å². The Bertz CT molecular complexity index is 1110. The Balaban J connectivity index is 2.37. The number of hydrogen-bond donors (Lipinski definition) is 1. The van der Waals surface area contributed by atoms with Crippen LogP contribution in [0.15, 0.2) is 35.1 Å². The lowest BCUT2D eigenvalue weighted by Crippen LogP contribution is -2.27. The summed E-state index contributed by atoms with van der Waals surface area (Å²) < 4.78 is 11.5. The van der Waals surface area contributed by atoms with Gasteiger partial charge in [0.1, 0.15) is 12.4 Å². The average Bonchev–Trinajstić information content (AvgIpc) is 2.63. The summed E-state index contributed by atoms with van der Waals surface area (Å²) in [6, 6.07) is 7.78. The zero-order chi connectivity index (χ0) is 19.7. The number of hydrogen-bond acceptors (Lipinski definition) is 5. The van der Waals surface area contributed by atoms with Crippen molar-refractivity contribution >= 4 is 40.1 Å². The molecule has 0 aliphatic rings. The Morgan fingerprint density at radius 2 is 1.85 bits per heavy atom. The molecule has 1 heterocycles. The van der Waals surface area contributed by atoms with E-state index >= 15 is 0 Å². The number of nitrogens with zero attached hydrogens (tertiary/aromatic N) is 2. The second-order valence-corrected chi connectivity index (χ2v) is 6.42. The first-order valence-electron chi connectivity index (χ1n) is 7.69. The largest absolute Gasteiger partial charge is 0.493 e. The molecule has 1 N–H and O–H groups in total. The molecule has 0 radical (unpaired) electrons. The van der Waals surface area contributed by atoms with Crippen LogP contribution in [0.5, 0.6) is 11.5 Å². The van der Waals surface area contributed by atoms with Gasteiger partial charge >= 0.3 is 5.97 Å². The van der Waals surface area contributed by atoms with Crippen molar-refractivity contribution in [3.8, 4) is 22.9 Å². The summed E-state index contributed by atoms with van der Waals surface area (Å²) >= 11 is 12.2. The number of aliphatic carboxylic acids is 1. The number of carboxylic acids is 1. The van der Waals surface area contributed by atoms with Crippen LogP contribution in [0, 0.1) is 0 Å². The molecule has 27 heavy (non-hydrogen) atoms. The Labute approximate surface area is 163 Å². The number of ether oxygens (including phenoxy) is 2. The molecule has 0 aliphatic heterocycles. The van der Waals surface area contributed by atoms with Crippen molar-refractivity contribution in [2.45, 2.75) is 6.54 Å². The quantitative estimate of drug-likeness (QED) is 0.694. The van der Waals surface area contributed by atoms with E-state index in [0.717, 1.165) is 4.57 Å². The highest BCUT2D eigenvalue weighted by atomic mass is 35.5. The topological polar surface area (TPSA) is 90.7 Å². The zero-order valence-electron chi connectivity index (χ0n) is 14.3. The first-order valence-corrected chi connectivity index (χ1v) is 8.45. The first kappa shape index (κ1) is 19.0. The molecular weight excluding hydrogens is 395 g/mol. The van der Waals surface area contributed by atoms with E-state index < -0.39 is 18.1 Å². The molecule has 0 unspecified atom stereocenters. The maximum atomic E-state index is 12.9. The summed E-state index contributed by atoms with van der Waals surface area (Å²) in [5, 5.41) is 9.83. The van der Waals surface area contributed by atoms with Gasteiger partial charge in [-0.2, -0.15) is 0 Å². The standard InChI is InChI=1S/C18H14Cl2N2O5/c1-26-13-4-3-9(5-14(13)27-2)17-21-16-11(6-10(19)7-12(16)20)18(25)22(17)8-15(23)24/h3-7H,8H2,1-2H3,(H,23,24). The van der Waals surface area contributed by atoms with E-state index in [1.54, 1.807) is 18.2 Å². The van der Waals surface area contributed by atoms with Gasteiger partial charge in [0.15, 0.2) is 11.5 Å². The lowest BCUT2D eigenvalue weighted by Gasteiger charge is -2.14. The molecule has 0 bridgehead atoms. The van der Waals surface area contributed by atoms with Crippen LogP contribution in [0.3, 0.4) is 0 Å². The number of methoxy groups -OCH3 is 2. The molecule has 0 atom stereocenters. The summed E-state index contributed by atoms with van der Waals surface area (Å²) in [7, 11) is 2.97. The van der Waals surface area contributed by atoms with Crippen LogP contribution >= 0.6 is 23.2 Å². The van der Waals surface area contributed by atoms with Crippen molar-refractivity contribution in [3.05, 3.63) is 50.7 Å². The third-order valence-electron chi connectivity index (χ3n) is 3.91. The van der Waals surface area contributed by atoms with Crippen LogP contribution in [-0.4, -0.2) is 34.8 Å². The average molecular weight is 409 g/mol. The van der Waals surface area contributed by atoms with Crippen LogP contribution in [0.1, 0.15) is 0 Å². The zero-order valence-corrected chi connectivity index (χ0v) is 15.8. The first-order chi connectivity index (χ1) is 12.8. The number of carboxylic acid groups (broad SMARTS) is 1. The third-order valence-corrected chi connectivity index (χ3v) is 4.42. The Morgan fingerprint density at radius 3 is 2.48 bits per heavy atom. The number of carbonyl (C=O) groups is 1. The monoisotopic (exact) mass is 408 g/mol. The maximum absolute atomic E-state index is 12.9. The van der Waals surface area contributed by atoms with Crippen LogP contribution in [0.4, 0.5) is 0 Å². The molecule has 0 saturated heterocycles. The number of fused-ring (bicyclic) bond motifs is 1. The Hall–Kier alpha value is -2.77. The molecule has 3 aromatic rings. The fourth-order valence-corrected chi connectivity index (χ4v) is 3.26. The van der Waals surface area contributed by atoms with Crippen LogP contribution < -0.4 is 15.0 Å². The maximum Gasteiger partial charge on any atom is 0.323 e. The van der Waals surface area contributed by atoms with Crippen molar-refractivity contribution in [2.24, 2.45) is 0 Å². The van der Waals surface area contributed by atoms with Gasteiger partial charge in [-0.15, -0.1) is 0 Å². The number of benzene rings is 2. The molecule has 9 heteroatoms. The third kappa shape index (κ3) is 3.56. The molecular formula is C18H14Cl2N2O5. The van der Waals surface area contributed by atoms with Gasteiger partial charge in [0.25, 0.3) is 5.56 Å². The summed E-state index contributed by atoms with van der Waals surface area (Å²) in [6.07, 6.45) is 0. The van der Waals surface area contributed by atoms with Crippen molar-refractivity contribution in [2.75, 3.05) is 14.2 Å². The second kappa shape index (κ2) is 7.46. The summed E-state index contributed by atoms with van der Waals surface area (Å²) in [5.41, 5.74) is 0.146. The van der Waals surface area contributed by atoms with Crippen LogP contribution in [0.25, 0.3) is 22.3 Å². The van der Waals surface area contributed by atoms with Gasteiger partial charge in [-0.05, 0) is 30.3 Å². The highest BCUT2D eigenvalue weighted by Gasteiger charge is 2.18. The molecule has 7 nitrogen and oxygen atoms in total. The van der Waals surface area contributed by atoms with Crippen LogP contribution in [-0.2, 0) is 11.3 Å². The highest BCUT2D eigenvalue weighted by Crippen LogP contribution is 2.33. The van der Waals surface area contributed by atoms with Gasteiger partial charge in [-0.1, -0.05) is 23.2 Å². The van der Waals surface area contributed by atoms with Gasteiger partial charge in [0, 0.05) is 10.6 Å². The van der Waals surface area contributed by atoms with E-state index in [9.17, 15) is 14.7 Å². The fraction of sp³-hybridized carbons (Fsp3) is 0.167. The Kier molecular flexibility index (Phi) is 5.25. The molecule has 0 amide bonds. The van der Waals surface area contributed by atoms with E-state index in [4.69, 9.17) is 32.7 Å². The van der Waals surface area contributed by atoms with E-state index in [0.29, 0.717) is 17.1 Å². The molecule has 2 aromatic carbocycles. The van der Waals surface area contributed by atoms with Gasteiger partial charge in [0.05, 0.1) is 30.1 Å². The van der Waals surface area contributed by atoms with Crippen molar-refractivity contribution in [1.82, 2.24) is 9.55 Å². The second-order valence-electron chi connectivity index (χ2n) is 5.57. The van der Waals surface area contributed by atoms with Crippen LogP contribution in [0.2, 0.25) is 10.0 Å². The van der Waals surface area contributed by atoms with Gasteiger partial charge in [-0.25, -0.2) is 4.98 Å². The van der Waals surface area contributed by atoms with Gasteiger partial charge < -0.3 is 14.6 Å².